The standard InChI is InChI=1S/C15H24ClN3.2ClH/c1-3-11(2)15(19-8-6-18-7-9-19)13-10-12(16)4-5-14(13)17;;/h4-5,10-11,15,18H,3,6-9,17H2,1-2H3;2*1H/t11?,15-;;/m1../s1. The van der Waals surface area contributed by atoms with Gasteiger partial charge < -0.3 is 11.1 Å². The van der Waals surface area contributed by atoms with Crippen LogP contribution in [0.2, 0.25) is 5.02 Å². The van der Waals surface area contributed by atoms with Gasteiger partial charge in [0.05, 0.1) is 0 Å². The molecule has 3 nitrogen and oxygen atoms in total. The third kappa shape index (κ3) is 5.19. The fraction of sp³-hybridized carbons (Fsp3) is 0.600. The normalized spacial score (nSPS) is 18.2. The number of hydrogen-bond acceptors (Lipinski definition) is 3. The van der Waals surface area contributed by atoms with Crippen molar-refractivity contribution in [1.29, 1.82) is 0 Å². The molecule has 2 atom stereocenters. The molecule has 122 valence electrons. The van der Waals surface area contributed by atoms with Crippen LogP contribution in [0.25, 0.3) is 0 Å². The number of anilines is 1. The Labute approximate surface area is 145 Å². The SMILES string of the molecule is CCC(C)[C@H](c1cc(Cl)ccc1N)N1CCNCC1.Cl.Cl. The Kier molecular flexibility index (Phi) is 9.66. The van der Waals surface area contributed by atoms with Crippen molar-refractivity contribution < 1.29 is 0 Å². The molecule has 21 heavy (non-hydrogen) atoms. The van der Waals surface area contributed by atoms with Crippen molar-refractivity contribution in [2.75, 3.05) is 31.9 Å². The van der Waals surface area contributed by atoms with Gasteiger partial charge in [-0.2, -0.15) is 0 Å². The maximum absolute atomic E-state index is 6.19. The second-order valence-corrected chi connectivity index (χ2v) is 5.83. The molecule has 1 saturated heterocycles. The molecule has 1 aliphatic heterocycles. The highest BCUT2D eigenvalue weighted by Crippen LogP contribution is 2.35. The minimum absolute atomic E-state index is 0. The van der Waals surface area contributed by atoms with Gasteiger partial charge in [-0.3, -0.25) is 4.90 Å². The Balaban J connectivity index is 0.00000200. The topological polar surface area (TPSA) is 41.3 Å². The van der Waals surface area contributed by atoms with Gasteiger partial charge in [-0.05, 0) is 29.7 Å². The van der Waals surface area contributed by atoms with E-state index in [-0.39, 0.29) is 24.8 Å². The lowest BCUT2D eigenvalue weighted by Gasteiger charge is -2.39. The van der Waals surface area contributed by atoms with Crippen molar-refractivity contribution in [2.45, 2.75) is 26.3 Å². The van der Waals surface area contributed by atoms with Crippen LogP contribution in [0.4, 0.5) is 5.69 Å². The first-order chi connectivity index (χ1) is 9.13. The van der Waals surface area contributed by atoms with Crippen LogP contribution < -0.4 is 11.1 Å². The summed E-state index contributed by atoms with van der Waals surface area (Å²) in [5, 5.41) is 4.18. The van der Waals surface area contributed by atoms with E-state index in [2.05, 4.69) is 24.1 Å². The molecule has 0 aromatic heterocycles. The molecule has 1 aliphatic rings. The van der Waals surface area contributed by atoms with Gasteiger partial charge in [0.2, 0.25) is 0 Å². The van der Waals surface area contributed by atoms with Gasteiger partial charge in [-0.1, -0.05) is 31.9 Å². The van der Waals surface area contributed by atoms with Crippen molar-refractivity contribution in [3.63, 3.8) is 0 Å². The summed E-state index contributed by atoms with van der Waals surface area (Å²) in [6, 6.07) is 6.20. The van der Waals surface area contributed by atoms with Crippen LogP contribution >= 0.6 is 36.4 Å². The number of nitrogens with one attached hydrogen (secondary N) is 1. The highest BCUT2D eigenvalue weighted by molar-refractivity contribution is 6.30. The Bertz CT molecular complexity index is 423. The average molecular weight is 355 g/mol. The lowest BCUT2D eigenvalue weighted by atomic mass is 9.89. The highest BCUT2D eigenvalue weighted by atomic mass is 35.5. The van der Waals surface area contributed by atoms with E-state index in [0.717, 1.165) is 43.3 Å². The smallest absolute Gasteiger partial charge is 0.0410 e. The van der Waals surface area contributed by atoms with Crippen LogP contribution in [0, 0.1) is 5.92 Å². The number of hydrogen-bond donors (Lipinski definition) is 2. The molecule has 1 unspecified atom stereocenters. The molecule has 0 spiro atoms. The van der Waals surface area contributed by atoms with Crippen LogP contribution in [0.3, 0.4) is 0 Å². The number of piperazine rings is 1. The van der Waals surface area contributed by atoms with Crippen molar-refractivity contribution in [1.82, 2.24) is 10.2 Å². The molecule has 0 bridgehead atoms. The Hall–Kier alpha value is -0.190. The first kappa shape index (κ1) is 20.8. The van der Waals surface area contributed by atoms with Gasteiger partial charge >= 0.3 is 0 Å². The quantitative estimate of drug-likeness (QED) is 0.809. The lowest BCUT2D eigenvalue weighted by molar-refractivity contribution is 0.129. The van der Waals surface area contributed by atoms with Gasteiger partial charge in [0.1, 0.15) is 0 Å². The molecule has 3 N–H and O–H groups in total. The number of halogens is 3. The van der Waals surface area contributed by atoms with Crippen molar-refractivity contribution in [3.05, 3.63) is 28.8 Å². The molecule has 6 heteroatoms. The van der Waals surface area contributed by atoms with Crippen LogP contribution in [0.15, 0.2) is 18.2 Å². The van der Waals surface area contributed by atoms with E-state index in [0.29, 0.717) is 12.0 Å². The maximum atomic E-state index is 6.19. The van der Waals surface area contributed by atoms with Crippen LogP contribution in [0.1, 0.15) is 31.9 Å². The third-order valence-electron chi connectivity index (χ3n) is 4.10. The molecule has 2 rings (SSSR count). The third-order valence-corrected chi connectivity index (χ3v) is 4.33. The summed E-state index contributed by atoms with van der Waals surface area (Å²) in [6.45, 7) is 8.77. The van der Waals surface area contributed by atoms with Crippen molar-refractivity contribution in [2.24, 2.45) is 5.92 Å². The molecule has 0 amide bonds. The minimum atomic E-state index is 0. The summed E-state index contributed by atoms with van der Waals surface area (Å²) in [4.78, 5) is 2.53. The second kappa shape index (κ2) is 9.75. The highest BCUT2D eigenvalue weighted by Gasteiger charge is 2.27. The first-order valence-corrected chi connectivity index (χ1v) is 7.51. The lowest BCUT2D eigenvalue weighted by Crippen LogP contribution is -2.46. The molecule has 0 aliphatic carbocycles. The van der Waals surface area contributed by atoms with Crippen molar-refractivity contribution >= 4 is 42.1 Å². The summed E-state index contributed by atoms with van der Waals surface area (Å²) in [7, 11) is 0. The van der Waals surface area contributed by atoms with Gasteiger partial charge in [0.15, 0.2) is 0 Å². The zero-order valence-electron chi connectivity index (χ0n) is 12.6. The van der Waals surface area contributed by atoms with Crippen LogP contribution in [-0.4, -0.2) is 31.1 Å². The largest absolute Gasteiger partial charge is 0.398 e. The summed E-state index contributed by atoms with van der Waals surface area (Å²) >= 11 is 6.16. The Morgan fingerprint density at radius 2 is 1.90 bits per heavy atom. The van der Waals surface area contributed by atoms with E-state index in [4.69, 9.17) is 17.3 Å². The van der Waals surface area contributed by atoms with Gasteiger partial charge in [0, 0.05) is 42.9 Å². The summed E-state index contributed by atoms with van der Waals surface area (Å²) < 4.78 is 0. The van der Waals surface area contributed by atoms with Crippen molar-refractivity contribution in [3.8, 4) is 0 Å². The Morgan fingerprint density at radius 3 is 2.48 bits per heavy atom. The van der Waals surface area contributed by atoms with E-state index in [1.807, 2.05) is 18.2 Å². The molecule has 1 aromatic carbocycles. The molecule has 0 saturated carbocycles. The summed E-state index contributed by atoms with van der Waals surface area (Å²) in [5.74, 6) is 0.568. The predicted octanol–water partition coefficient (Wildman–Crippen LogP) is 3.76. The number of nitrogens with two attached hydrogens (primary N) is 1. The fourth-order valence-corrected chi connectivity index (χ4v) is 3.03. The van der Waals surface area contributed by atoms with Gasteiger partial charge in [0.25, 0.3) is 0 Å². The van der Waals surface area contributed by atoms with E-state index >= 15 is 0 Å². The molecule has 0 radical (unpaired) electrons. The van der Waals surface area contributed by atoms with Gasteiger partial charge in [-0.25, -0.2) is 0 Å². The van der Waals surface area contributed by atoms with Gasteiger partial charge in [-0.15, -0.1) is 24.8 Å². The number of rotatable bonds is 4. The number of nitrogen functional groups attached to an aromatic ring is 1. The maximum Gasteiger partial charge on any atom is 0.0410 e. The molecule has 1 heterocycles. The molecule has 1 fully saturated rings. The summed E-state index contributed by atoms with van der Waals surface area (Å²) in [6.07, 6.45) is 1.14. The van der Waals surface area contributed by atoms with Crippen LogP contribution in [0.5, 0.6) is 0 Å². The van der Waals surface area contributed by atoms with E-state index in [1.54, 1.807) is 0 Å². The average Bonchev–Trinajstić information content (AvgIpc) is 2.44. The fourth-order valence-electron chi connectivity index (χ4n) is 2.85. The van der Waals surface area contributed by atoms with Crippen LogP contribution in [-0.2, 0) is 0 Å². The second-order valence-electron chi connectivity index (χ2n) is 5.39. The molecular weight excluding hydrogens is 329 g/mol. The van der Waals surface area contributed by atoms with E-state index in [1.165, 1.54) is 5.56 Å². The first-order valence-electron chi connectivity index (χ1n) is 7.13. The zero-order valence-corrected chi connectivity index (χ0v) is 15.0. The van der Waals surface area contributed by atoms with E-state index < -0.39 is 0 Å². The Morgan fingerprint density at radius 1 is 1.29 bits per heavy atom. The molecular formula is C15H26Cl3N3. The zero-order chi connectivity index (χ0) is 13.8. The monoisotopic (exact) mass is 353 g/mol. The molecule has 1 aromatic rings. The predicted molar refractivity (Wildman–Crippen MR) is 97.0 cm³/mol. The number of benzene rings is 1. The van der Waals surface area contributed by atoms with E-state index in [9.17, 15) is 0 Å². The number of nitrogens with zero attached hydrogens (tertiary/aromatic N) is 1. The minimum Gasteiger partial charge on any atom is -0.398 e. The summed E-state index contributed by atoms with van der Waals surface area (Å²) in [5.41, 5.74) is 8.23.